The summed E-state index contributed by atoms with van der Waals surface area (Å²) in [5.41, 5.74) is 4.69. The van der Waals surface area contributed by atoms with Crippen molar-refractivity contribution in [2.75, 3.05) is 31.6 Å². The molecular weight excluding hydrogens is 350 g/mol. The van der Waals surface area contributed by atoms with Crippen LogP contribution < -0.4 is 5.32 Å². The Hall–Kier alpha value is -2.65. The number of aliphatic imine (C=N–C) groups is 2. The van der Waals surface area contributed by atoms with Crippen LogP contribution in [0.3, 0.4) is 0 Å². The van der Waals surface area contributed by atoms with Crippen molar-refractivity contribution < 1.29 is 4.74 Å². The Morgan fingerprint density at radius 1 is 1.21 bits per heavy atom. The zero-order chi connectivity index (χ0) is 18.9. The molecule has 4 aliphatic rings. The zero-order valence-corrected chi connectivity index (χ0v) is 16.0. The van der Waals surface area contributed by atoms with E-state index in [1.807, 2.05) is 0 Å². The lowest BCUT2D eigenvalue weighted by Gasteiger charge is -2.33. The Labute approximate surface area is 165 Å². The number of anilines is 1. The Bertz CT molecular complexity index is 890. The lowest BCUT2D eigenvalue weighted by atomic mass is 9.71. The minimum absolute atomic E-state index is 0.101. The molecule has 0 spiro atoms. The number of allylic oxidation sites excluding steroid dienone is 1. The fourth-order valence-electron chi connectivity index (χ4n) is 4.45. The van der Waals surface area contributed by atoms with Gasteiger partial charge in [-0.15, -0.1) is 0 Å². The van der Waals surface area contributed by atoms with Crippen molar-refractivity contribution in [2.24, 2.45) is 15.9 Å². The molecule has 144 valence electrons. The summed E-state index contributed by atoms with van der Waals surface area (Å²) in [5.74, 6) is 1.36. The number of morpholine rings is 1. The number of benzene rings is 1. The molecule has 6 heteroatoms. The van der Waals surface area contributed by atoms with Gasteiger partial charge in [-0.3, -0.25) is 0 Å². The van der Waals surface area contributed by atoms with Gasteiger partial charge < -0.3 is 15.0 Å². The van der Waals surface area contributed by atoms with Crippen molar-refractivity contribution >= 4 is 17.4 Å². The standard InChI is InChI=1S/C22H25N5O/c23-14-16-7-8-18(16)15-3-1-4-17(13-15)24-21-19-5-2-6-20(19)25-22(26-21)27-9-11-28-12-10-27/h1,3-5,13,16,18,21,24H,2,6-12H2. The molecule has 1 saturated carbocycles. The first-order chi connectivity index (χ1) is 13.8. The molecule has 6 nitrogen and oxygen atoms in total. The van der Waals surface area contributed by atoms with Gasteiger partial charge in [-0.1, -0.05) is 18.2 Å². The SMILES string of the molecule is N#CC1CCC1c1cccc(NC2N=C(N3CCOCC3)N=C3CCC=C32)c1. The van der Waals surface area contributed by atoms with Gasteiger partial charge in [0.2, 0.25) is 5.96 Å². The quantitative estimate of drug-likeness (QED) is 0.880. The van der Waals surface area contributed by atoms with E-state index in [-0.39, 0.29) is 12.1 Å². The summed E-state index contributed by atoms with van der Waals surface area (Å²) in [6, 6.07) is 10.9. The van der Waals surface area contributed by atoms with Crippen molar-refractivity contribution in [1.82, 2.24) is 4.90 Å². The smallest absolute Gasteiger partial charge is 0.223 e. The van der Waals surface area contributed by atoms with Gasteiger partial charge in [0.1, 0.15) is 6.17 Å². The van der Waals surface area contributed by atoms with Crippen molar-refractivity contribution in [2.45, 2.75) is 37.8 Å². The minimum atomic E-state index is -0.101. The maximum absolute atomic E-state index is 9.29. The van der Waals surface area contributed by atoms with Crippen LogP contribution in [0.2, 0.25) is 0 Å². The molecule has 1 saturated heterocycles. The summed E-state index contributed by atoms with van der Waals surface area (Å²) in [7, 11) is 0. The number of rotatable bonds is 3. The molecule has 0 aromatic heterocycles. The van der Waals surface area contributed by atoms with Gasteiger partial charge >= 0.3 is 0 Å². The molecule has 3 unspecified atom stereocenters. The highest BCUT2D eigenvalue weighted by molar-refractivity contribution is 6.11. The highest BCUT2D eigenvalue weighted by Crippen LogP contribution is 2.42. The van der Waals surface area contributed by atoms with E-state index in [9.17, 15) is 5.26 Å². The van der Waals surface area contributed by atoms with Crippen LogP contribution in [0.5, 0.6) is 0 Å². The molecule has 2 aliphatic heterocycles. The van der Waals surface area contributed by atoms with Gasteiger partial charge in [0.25, 0.3) is 0 Å². The van der Waals surface area contributed by atoms with E-state index >= 15 is 0 Å². The number of nitrogens with zero attached hydrogens (tertiary/aromatic N) is 4. The van der Waals surface area contributed by atoms with Crippen LogP contribution in [0.4, 0.5) is 5.69 Å². The first kappa shape index (κ1) is 17.4. The predicted octanol–water partition coefficient (Wildman–Crippen LogP) is 3.30. The average Bonchev–Trinajstić information content (AvgIpc) is 3.18. The second-order valence-electron chi connectivity index (χ2n) is 7.88. The normalized spacial score (nSPS) is 29.0. The van der Waals surface area contributed by atoms with Crippen LogP contribution in [0.15, 0.2) is 45.9 Å². The summed E-state index contributed by atoms with van der Waals surface area (Å²) < 4.78 is 5.47. The lowest BCUT2D eigenvalue weighted by Crippen LogP contribution is -2.43. The average molecular weight is 375 g/mol. The van der Waals surface area contributed by atoms with Crippen LogP contribution in [-0.4, -0.2) is 49.0 Å². The van der Waals surface area contributed by atoms with E-state index in [4.69, 9.17) is 14.7 Å². The maximum atomic E-state index is 9.29. The molecule has 0 radical (unpaired) electrons. The third kappa shape index (κ3) is 3.20. The van der Waals surface area contributed by atoms with Crippen molar-refractivity contribution in [3.63, 3.8) is 0 Å². The monoisotopic (exact) mass is 375 g/mol. The number of nitriles is 1. The molecule has 2 heterocycles. The lowest BCUT2D eigenvalue weighted by molar-refractivity contribution is 0.0674. The molecule has 5 rings (SSSR count). The zero-order valence-electron chi connectivity index (χ0n) is 16.0. The third-order valence-electron chi connectivity index (χ3n) is 6.21. The molecule has 28 heavy (non-hydrogen) atoms. The van der Waals surface area contributed by atoms with Gasteiger partial charge in [0.15, 0.2) is 0 Å². The van der Waals surface area contributed by atoms with Gasteiger partial charge in [0, 0.05) is 24.4 Å². The fraction of sp³-hybridized carbons (Fsp3) is 0.500. The minimum Gasteiger partial charge on any atom is -0.378 e. The number of guanidine groups is 1. The summed E-state index contributed by atoms with van der Waals surface area (Å²) in [5, 5.41) is 12.9. The van der Waals surface area contributed by atoms with Gasteiger partial charge in [-0.25, -0.2) is 9.98 Å². The topological polar surface area (TPSA) is 73.0 Å². The van der Waals surface area contributed by atoms with E-state index in [0.717, 1.165) is 69.3 Å². The van der Waals surface area contributed by atoms with Gasteiger partial charge in [-0.05, 0) is 49.3 Å². The van der Waals surface area contributed by atoms with E-state index in [1.54, 1.807) is 0 Å². The van der Waals surface area contributed by atoms with Crippen molar-refractivity contribution in [3.8, 4) is 6.07 Å². The number of hydrogen-bond acceptors (Lipinski definition) is 6. The molecule has 2 fully saturated rings. The van der Waals surface area contributed by atoms with Crippen LogP contribution in [0.25, 0.3) is 0 Å². The third-order valence-corrected chi connectivity index (χ3v) is 6.21. The molecule has 1 N–H and O–H groups in total. The predicted molar refractivity (Wildman–Crippen MR) is 110 cm³/mol. The van der Waals surface area contributed by atoms with Crippen LogP contribution in [0.1, 0.15) is 37.2 Å². The fourth-order valence-corrected chi connectivity index (χ4v) is 4.45. The second kappa shape index (κ2) is 7.40. The molecular formula is C22H25N5O. The molecule has 2 aliphatic carbocycles. The van der Waals surface area contributed by atoms with Crippen LogP contribution in [0, 0.1) is 17.2 Å². The largest absolute Gasteiger partial charge is 0.378 e. The molecule has 0 bridgehead atoms. The first-order valence-corrected chi connectivity index (χ1v) is 10.3. The highest BCUT2D eigenvalue weighted by atomic mass is 16.5. The van der Waals surface area contributed by atoms with E-state index in [0.29, 0.717) is 5.92 Å². The summed E-state index contributed by atoms with van der Waals surface area (Å²) in [4.78, 5) is 12.0. The number of fused-ring (bicyclic) bond motifs is 1. The molecule has 0 amide bonds. The Kier molecular flexibility index (Phi) is 4.61. The molecule has 3 atom stereocenters. The summed E-state index contributed by atoms with van der Waals surface area (Å²) in [6.45, 7) is 3.14. The van der Waals surface area contributed by atoms with E-state index < -0.39 is 0 Å². The van der Waals surface area contributed by atoms with Crippen molar-refractivity contribution in [1.29, 1.82) is 5.26 Å². The number of nitrogens with one attached hydrogen (secondary N) is 1. The molecule has 1 aromatic rings. The maximum Gasteiger partial charge on any atom is 0.223 e. The van der Waals surface area contributed by atoms with Gasteiger partial charge in [0.05, 0.1) is 30.9 Å². The first-order valence-electron chi connectivity index (χ1n) is 10.3. The summed E-state index contributed by atoms with van der Waals surface area (Å²) in [6.07, 6.45) is 6.30. The number of ether oxygens (including phenoxy) is 1. The van der Waals surface area contributed by atoms with E-state index in [2.05, 4.69) is 46.6 Å². The van der Waals surface area contributed by atoms with Crippen LogP contribution >= 0.6 is 0 Å². The van der Waals surface area contributed by atoms with Crippen molar-refractivity contribution in [3.05, 3.63) is 41.5 Å². The second-order valence-corrected chi connectivity index (χ2v) is 7.88. The van der Waals surface area contributed by atoms with Gasteiger partial charge in [-0.2, -0.15) is 5.26 Å². The van der Waals surface area contributed by atoms with E-state index in [1.165, 1.54) is 11.1 Å². The number of hydrogen-bond donors (Lipinski definition) is 1. The Morgan fingerprint density at radius 2 is 2.11 bits per heavy atom. The Morgan fingerprint density at radius 3 is 2.89 bits per heavy atom. The van der Waals surface area contributed by atoms with Crippen LogP contribution in [-0.2, 0) is 4.74 Å². The summed E-state index contributed by atoms with van der Waals surface area (Å²) >= 11 is 0. The molecule has 1 aromatic carbocycles. The highest BCUT2D eigenvalue weighted by Gasteiger charge is 2.33. The Balaban J connectivity index is 1.38.